The Bertz CT molecular complexity index is 149. The molecule has 0 aliphatic carbocycles. The van der Waals surface area contributed by atoms with Crippen LogP contribution in [-0.4, -0.2) is 30.2 Å². The van der Waals surface area contributed by atoms with E-state index >= 15 is 0 Å². The van der Waals surface area contributed by atoms with Gasteiger partial charge in [0.1, 0.15) is 0 Å². The van der Waals surface area contributed by atoms with Gasteiger partial charge in [0.05, 0.1) is 12.7 Å². The zero-order valence-corrected chi connectivity index (χ0v) is 8.58. The molecule has 78 valence electrons. The summed E-state index contributed by atoms with van der Waals surface area (Å²) in [5.74, 6) is -0.357. The van der Waals surface area contributed by atoms with Crippen molar-refractivity contribution in [2.24, 2.45) is 0 Å². The van der Waals surface area contributed by atoms with E-state index in [9.17, 15) is 0 Å². The van der Waals surface area contributed by atoms with Gasteiger partial charge in [-0.2, -0.15) is 0 Å². The second-order valence-electron chi connectivity index (χ2n) is 3.76. The zero-order valence-electron chi connectivity index (χ0n) is 8.58. The standard InChI is InChI=1S/C10H20O3/c1-3-10(2)12-8-9(13-10)6-4-5-7-11/h9,11H,3-8H2,1-2H3/t9-,10-/m1/s1. The summed E-state index contributed by atoms with van der Waals surface area (Å²) in [6, 6.07) is 0. The van der Waals surface area contributed by atoms with E-state index in [1.807, 2.05) is 6.92 Å². The molecule has 1 rings (SSSR count). The first kappa shape index (κ1) is 11.0. The van der Waals surface area contributed by atoms with Gasteiger partial charge in [0.25, 0.3) is 0 Å². The fourth-order valence-corrected chi connectivity index (χ4v) is 1.50. The van der Waals surface area contributed by atoms with E-state index in [0.717, 1.165) is 25.7 Å². The van der Waals surface area contributed by atoms with E-state index in [0.29, 0.717) is 6.61 Å². The predicted octanol–water partition coefficient (Wildman–Crippen LogP) is 1.69. The summed E-state index contributed by atoms with van der Waals surface area (Å²) in [6.07, 6.45) is 4.00. The molecule has 0 amide bonds. The van der Waals surface area contributed by atoms with Crippen LogP contribution in [-0.2, 0) is 9.47 Å². The van der Waals surface area contributed by atoms with Gasteiger partial charge < -0.3 is 14.6 Å². The Labute approximate surface area is 80.0 Å². The summed E-state index contributed by atoms with van der Waals surface area (Å²) in [5, 5.41) is 8.62. The molecule has 0 radical (unpaired) electrons. The minimum atomic E-state index is -0.357. The molecule has 3 heteroatoms. The van der Waals surface area contributed by atoms with Crippen molar-refractivity contribution < 1.29 is 14.6 Å². The molecule has 0 aromatic heterocycles. The molecule has 2 atom stereocenters. The van der Waals surface area contributed by atoms with E-state index in [-0.39, 0.29) is 18.5 Å². The molecule has 0 aromatic rings. The molecule has 3 nitrogen and oxygen atoms in total. The highest BCUT2D eigenvalue weighted by molar-refractivity contribution is 4.73. The Morgan fingerprint density at radius 3 is 2.77 bits per heavy atom. The van der Waals surface area contributed by atoms with Crippen LogP contribution in [0.25, 0.3) is 0 Å². The molecule has 1 heterocycles. The monoisotopic (exact) mass is 188 g/mol. The maximum Gasteiger partial charge on any atom is 0.165 e. The van der Waals surface area contributed by atoms with Gasteiger partial charge in [-0.15, -0.1) is 0 Å². The molecule has 13 heavy (non-hydrogen) atoms. The van der Waals surface area contributed by atoms with Gasteiger partial charge in [-0.25, -0.2) is 0 Å². The Morgan fingerprint density at radius 1 is 1.46 bits per heavy atom. The van der Waals surface area contributed by atoms with E-state index in [1.54, 1.807) is 0 Å². The van der Waals surface area contributed by atoms with Crippen molar-refractivity contribution >= 4 is 0 Å². The first-order valence-electron chi connectivity index (χ1n) is 5.13. The first-order valence-corrected chi connectivity index (χ1v) is 5.13. The lowest BCUT2D eigenvalue weighted by atomic mass is 10.2. The van der Waals surface area contributed by atoms with Crippen molar-refractivity contribution in [2.45, 2.75) is 51.4 Å². The average Bonchev–Trinajstić information content (AvgIpc) is 2.50. The second-order valence-corrected chi connectivity index (χ2v) is 3.76. The smallest absolute Gasteiger partial charge is 0.165 e. The maximum atomic E-state index is 8.62. The summed E-state index contributed by atoms with van der Waals surface area (Å²) < 4.78 is 11.3. The molecule has 0 saturated carbocycles. The van der Waals surface area contributed by atoms with E-state index < -0.39 is 0 Å². The molecular weight excluding hydrogens is 168 g/mol. The number of aliphatic hydroxyl groups is 1. The van der Waals surface area contributed by atoms with Crippen LogP contribution in [0.1, 0.15) is 39.5 Å². The van der Waals surface area contributed by atoms with Crippen molar-refractivity contribution in [1.82, 2.24) is 0 Å². The summed E-state index contributed by atoms with van der Waals surface area (Å²) >= 11 is 0. The lowest BCUT2D eigenvalue weighted by molar-refractivity contribution is -0.155. The number of aliphatic hydroxyl groups excluding tert-OH is 1. The van der Waals surface area contributed by atoms with Gasteiger partial charge >= 0.3 is 0 Å². The van der Waals surface area contributed by atoms with Crippen molar-refractivity contribution in [3.63, 3.8) is 0 Å². The first-order chi connectivity index (χ1) is 6.20. The molecule has 1 saturated heterocycles. The third-order valence-corrected chi connectivity index (χ3v) is 2.57. The highest BCUT2D eigenvalue weighted by Crippen LogP contribution is 2.28. The van der Waals surface area contributed by atoms with Crippen molar-refractivity contribution in [2.75, 3.05) is 13.2 Å². The molecular formula is C10H20O3. The summed E-state index contributed by atoms with van der Waals surface area (Å²) in [6.45, 7) is 5.03. The van der Waals surface area contributed by atoms with E-state index in [2.05, 4.69) is 6.92 Å². The van der Waals surface area contributed by atoms with Crippen molar-refractivity contribution in [1.29, 1.82) is 0 Å². The Morgan fingerprint density at radius 2 is 2.23 bits per heavy atom. The van der Waals surface area contributed by atoms with Crippen molar-refractivity contribution in [3.05, 3.63) is 0 Å². The van der Waals surface area contributed by atoms with Crippen molar-refractivity contribution in [3.8, 4) is 0 Å². The lowest BCUT2D eigenvalue weighted by Gasteiger charge is -2.20. The quantitative estimate of drug-likeness (QED) is 0.667. The largest absolute Gasteiger partial charge is 0.396 e. The minimum Gasteiger partial charge on any atom is -0.396 e. The van der Waals surface area contributed by atoms with Crippen LogP contribution in [0.4, 0.5) is 0 Å². The van der Waals surface area contributed by atoms with Crippen LogP contribution >= 0.6 is 0 Å². The maximum absolute atomic E-state index is 8.62. The van der Waals surface area contributed by atoms with Gasteiger partial charge in [-0.05, 0) is 32.6 Å². The minimum absolute atomic E-state index is 0.233. The SMILES string of the molecule is CC[C@]1(C)OC[C@@H](CCCCO)O1. The lowest BCUT2D eigenvalue weighted by Crippen LogP contribution is -2.25. The van der Waals surface area contributed by atoms with Gasteiger partial charge in [-0.1, -0.05) is 6.92 Å². The summed E-state index contributed by atoms with van der Waals surface area (Å²) in [4.78, 5) is 0. The molecule has 0 spiro atoms. The van der Waals surface area contributed by atoms with Crippen LogP contribution in [0.15, 0.2) is 0 Å². The van der Waals surface area contributed by atoms with E-state index in [1.165, 1.54) is 0 Å². The normalized spacial score (nSPS) is 33.9. The predicted molar refractivity (Wildman–Crippen MR) is 50.5 cm³/mol. The third-order valence-electron chi connectivity index (χ3n) is 2.57. The molecule has 1 fully saturated rings. The fraction of sp³-hybridized carbons (Fsp3) is 1.00. The highest BCUT2D eigenvalue weighted by atomic mass is 16.7. The average molecular weight is 188 g/mol. The van der Waals surface area contributed by atoms with Crippen LogP contribution < -0.4 is 0 Å². The molecule has 1 N–H and O–H groups in total. The summed E-state index contributed by atoms with van der Waals surface area (Å²) in [7, 11) is 0. The van der Waals surface area contributed by atoms with Gasteiger partial charge in [0.15, 0.2) is 5.79 Å². The van der Waals surface area contributed by atoms with Gasteiger partial charge in [-0.3, -0.25) is 0 Å². The number of rotatable bonds is 5. The molecule has 0 bridgehead atoms. The third kappa shape index (κ3) is 3.25. The van der Waals surface area contributed by atoms with Gasteiger partial charge in [0, 0.05) is 6.61 Å². The molecule has 1 aliphatic rings. The Kier molecular flexibility index (Phi) is 4.16. The zero-order chi connectivity index (χ0) is 9.73. The number of ether oxygens (including phenoxy) is 2. The summed E-state index contributed by atoms with van der Waals surface area (Å²) in [5.41, 5.74) is 0. The Hall–Kier alpha value is -0.120. The van der Waals surface area contributed by atoms with Gasteiger partial charge in [0.2, 0.25) is 0 Å². The molecule has 1 aliphatic heterocycles. The van der Waals surface area contributed by atoms with Crippen LogP contribution in [0.5, 0.6) is 0 Å². The number of hydrogen-bond acceptors (Lipinski definition) is 3. The fourth-order valence-electron chi connectivity index (χ4n) is 1.50. The van der Waals surface area contributed by atoms with Crippen LogP contribution in [0.3, 0.4) is 0 Å². The van der Waals surface area contributed by atoms with Crippen LogP contribution in [0.2, 0.25) is 0 Å². The number of hydrogen-bond donors (Lipinski definition) is 1. The second kappa shape index (κ2) is 4.94. The van der Waals surface area contributed by atoms with E-state index in [4.69, 9.17) is 14.6 Å². The highest BCUT2D eigenvalue weighted by Gasteiger charge is 2.34. The van der Waals surface area contributed by atoms with Crippen LogP contribution in [0, 0.1) is 0 Å². The number of unbranched alkanes of at least 4 members (excludes halogenated alkanes) is 1. The Balaban J connectivity index is 2.17. The topological polar surface area (TPSA) is 38.7 Å². The molecule has 0 aromatic carbocycles. The molecule has 0 unspecified atom stereocenters.